The zero-order valence-electron chi connectivity index (χ0n) is 20.1. The van der Waals surface area contributed by atoms with E-state index in [-0.39, 0.29) is 5.78 Å². The van der Waals surface area contributed by atoms with E-state index in [1.165, 1.54) is 5.56 Å². The summed E-state index contributed by atoms with van der Waals surface area (Å²) >= 11 is 0. The highest BCUT2D eigenvalue weighted by Crippen LogP contribution is 2.42. The molecule has 2 aromatic heterocycles. The predicted molar refractivity (Wildman–Crippen MR) is 139 cm³/mol. The van der Waals surface area contributed by atoms with Crippen LogP contribution in [0.25, 0.3) is 44.2 Å². The molecule has 5 aromatic rings. The second-order valence-corrected chi connectivity index (χ2v) is 9.29. The molecule has 176 valence electrons. The van der Waals surface area contributed by atoms with Gasteiger partial charge in [-0.3, -0.25) is 4.79 Å². The zero-order chi connectivity index (χ0) is 23.9. The zero-order valence-corrected chi connectivity index (χ0v) is 20.1. The van der Waals surface area contributed by atoms with E-state index >= 15 is 0 Å². The van der Waals surface area contributed by atoms with Gasteiger partial charge >= 0.3 is 0 Å². The minimum absolute atomic E-state index is 0.179. The Morgan fingerprint density at radius 2 is 1.94 bits per heavy atom. The van der Waals surface area contributed by atoms with Crippen LogP contribution < -0.4 is 4.74 Å². The van der Waals surface area contributed by atoms with Gasteiger partial charge in [-0.1, -0.05) is 38.5 Å². The largest absolute Gasteiger partial charge is 0.488 e. The Labute approximate surface area is 203 Å². The van der Waals surface area contributed by atoms with Gasteiger partial charge < -0.3 is 14.7 Å². The number of carbonyl (C=O) groups excluding carboxylic acids is 1. The van der Waals surface area contributed by atoms with Gasteiger partial charge in [0, 0.05) is 23.8 Å². The number of hydrogen-bond donors (Lipinski definition) is 2. The molecule has 0 saturated carbocycles. The number of aromatic amines is 2. The van der Waals surface area contributed by atoms with Crippen molar-refractivity contribution >= 4 is 27.6 Å². The average Bonchev–Trinajstić information content (AvgIpc) is 3.53. The fourth-order valence-electron chi connectivity index (χ4n) is 4.88. The normalized spacial score (nSPS) is 12.5. The third kappa shape index (κ3) is 3.89. The maximum Gasteiger partial charge on any atom is 0.140 e. The standard InChI is InChI=1S/C29H28N4O2/c1-3-5-6-27-31-24-10-8-17-12-23-21-9-7-18(25-15-30-28(32-25)13-20(34)4-2)11-19(21)16-35-26(23)14-22(17)29(24)33-27/h7-12,14-15H,3-6,13,16H2,1-2H3,(H,30,32)(H,31,33). The van der Waals surface area contributed by atoms with Crippen molar-refractivity contribution in [2.24, 2.45) is 0 Å². The Balaban J connectivity index is 1.36. The third-order valence-electron chi connectivity index (χ3n) is 6.86. The van der Waals surface area contributed by atoms with Crippen molar-refractivity contribution in [2.45, 2.75) is 52.6 Å². The summed E-state index contributed by atoms with van der Waals surface area (Å²) in [6.07, 6.45) is 5.91. The van der Waals surface area contributed by atoms with E-state index < -0.39 is 0 Å². The van der Waals surface area contributed by atoms with Crippen LogP contribution in [0.4, 0.5) is 0 Å². The lowest BCUT2D eigenvalue weighted by Crippen LogP contribution is -2.06. The Kier molecular flexibility index (Phi) is 5.36. The number of imidazole rings is 2. The number of aromatic nitrogens is 4. The van der Waals surface area contributed by atoms with Gasteiger partial charge in [0.2, 0.25) is 0 Å². The van der Waals surface area contributed by atoms with Gasteiger partial charge in [-0.25, -0.2) is 9.97 Å². The highest BCUT2D eigenvalue weighted by molar-refractivity contribution is 6.07. The van der Waals surface area contributed by atoms with Crippen molar-refractivity contribution in [3.63, 3.8) is 0 Å². The molecule has 6 nitrogen and oxygen atoms in total. The molecule has 0 fully saturated rings. The average molecular weight is 465 g/mol. The van der Waals surface area contributed by atoms with Gasteiger partial charge in [0.05, 0.1) is 29.3 Å². The van der Waals surface area contributed by atoms with Crippen LogP contribution in [0.2, 0.25) is 0 Å². The number of ether oxygens (including phenoxy) is 1. The van der Waals surface area contributed by atoms with Crippen LogP contribution in [0.1, 0.15) is 50.3 Å². The highest BCUT2D eigenvalue weighted by Gasteiger charge is 2.20. The van der Waals surface area contributed by atoms with Crippen LogP contribution >= 0.6 is 0 Å². The number of Topliss-reactive ketones (excluding diaryl/α,β-unsaturated/α-hetero) is 1. The van der Waals surface area contributed by atoms with E-state index in [9.17, 15) is 4.79 Å². The van der Waals surface area contributed by atoms with Gasteiger partial charge in [-0.2, -0.15) is 0 Å². The molecule has 2 N–H and O–H groups in total. The molecule has 3 aromatic carbocycles. The molecule has 1 aliphatic heterocycles. The summed E-state index contributed by atoms with van der Waals surface area (Å²) in [6, 6.07) is 15.1. The number of rotatable bonds is 7. The lowest BCUT2D eigenvalue weighted by Gasteiger charge is -2.22. The van der Waals surface area contributed by atoms with E-state index in [1.54, 1.807) is 6.20 Å². The topological polar surface area (TPSA) is 83.7 Å². The first-order chi connectivity index (χ1) is 17.1. The van der Waals surface area contributed by atoms with Crippen LogP contribution in [-0.2, 0) is 24.2 Å². The van der Waals surface area contributed by atoms with Crippen LogP contribution in [0.5, 0.6) is 5.75 Å². The molecule has 0 saturated heterocycles. The molecular weight excluding hydrogens is 436 g/mol. The van der Waals surface area contributed by atoms with Crippen molar-refractivity contribution in [3.8, 4) is 28.1 Å². The van der Waals surface area contributed by atoms with Crippen LogP contribution in [0.15, 0.2) is 48.7 Å². The second-order valence-electron chi connectivity index (χ2n) is 9.29. The predicted octanol–water partition coefficient (Wildman–Crippen LogP) is 6.53. The molecule has 0 spiro atoms. The maximum atomic E-state index is 11.8. The summed E-state index contributed by atoms with van der Waals surface area (Å²) in [4.78, 5) is 27.8. The number of ketones is 1. The first kappa shape index (κ1) is 21.6. The minimum Gasteiger partial charge on any atom is -0.488 e. The van der Waals surface area contributed by atoms with Gasteiger partial charge in [-0.15, -0.1) is 0 Å². The Morgan fingerprint density at radius 1 is 1.03 bits per heavy atom. The number of aryl methyl sites for hydroxylation is 1. The lowest BCUT2D eigenvalue weighted by atomic mass is 9.92. The number of carbonyl (C=O) groups is 1. The molecule has 0 amide bonds. The Bertz CT molecular complexity index is 1580. The van der Waals surface area contributed by atoms with Crippen molar-refractivity contribution in [3.05, 3.63) is 65.9 Å². The van der Waals surface area contributed by atoms with E-state index in [1.807, 2.05) is 6.92 Å². The number of hydrogen-bond acceptors (Lipinski definition) is 4. The first-order valence-electron chi connectivity index (χ1n) is 12.4. The van der Waals surface area contributed by atoms with E-state index in [0.29, 0.717) is 25.3 Å². The number of nitrogens with zero attached hydrogens (tertiary/aromatic N) is 2. The second kappa shape index (κ2) is 8.69. The summed E-state index contributed by atoms with van der Waals surface area (Å²) in [5.74, 6) is 2.83. The SMILES string of the molecule is CCCCc1nc2c(ccc3cc4c(cc32)OCc2cc(-c3cnc(CC(=O)CC)[nH]3)ccc2-4)[nH]1. The molecule has 1 aliphatic rings. The smallest absolute Gasteiger partial charge is 0.140 e. The maximum absolute atomic E-state index is 11.8. The van der Waals surface area contributed by atoms with E-state index in [2.05, 4.69) is 64.3 Å². The van der Waals surface area contributed by atoms with Crippen molar-refractivity contribution in [2.75, 3.05) is 0 Å². The van der Waals surface area contributed by atoms with Gasteiger partial charge in [0.15, 0.2) is 0 Å². The molecule has 0 atom stereocenters. The molecule has 6 heteroatoms. The minimum atomic E-state index is 0.179. The lowest BCUT2D eigenvalue weighted by molar-refractivity contribution is -0.118. The Hall–Kier alpha value is -3.93. The molecule has 0 aliphatic carbocycles. The molecular formula is C29H28N4O2. The fourth-order valence-corrected chi connectivity index (χ4v) is 4.88. The van der Waals surface area contributed by atoms with Gasteiger partial charge in [0.25, 0.3) is 0 Å². The number of fused-ring (bicyclic) bond motifs is 6. The van der Waals surface area contributed by atoms with Crippen LogP contribution in [0, 0.1) is 0 Å². The molecule has 3 heterocycles. The molecule has 0 bridgehead atoms. The van der Waals surface area contributed by atoms with Crippen LogP contribution in [0.3, 0.4) is 0 Å². The summed E-state index contributed by atoms with van der Waals surface area (Å²) in [5.41, 5.74) is 7.46. The van der Waals surface area contributed by atoms with Crippen molar-refractivity contribution in [1.29, 1.82) is 0 Å². The molecule has 0 radical (unpaired) electrons. The number of benzene rings is 3. The summed E-state index contributed by atoms with van der Waals surface area (Å²) in [7, 11) is 0. The number of unbranched alkanes of at least 4 members (excludes halogenated alkanes) is 1. The van der Waals surface area contributed by atoms with Crippen molar-refractivity contribution < 1.29 is 9.53 Å². The van der Waals surface area contributed by atoms with Crippen molar-refractivity contribution in [1.82, 2.24) is 19.9 Å². The third-order valence-corrected chi connectivity index (χ3v) is 6.86. The van der Waals surface area contributed by atoms with E-state index in [0.717, 1.165) is 75.0 Å². The summed E-state index contributed by atoms with van der Waals surface area (Å²) in [5, 5.41) is 2.27. The van der Waals surface area contributed by atoms with Gasteiger partial charge in [-0.05, 0) is 52.8 Å². The fraction of sp³-hybridized carbons (Fsp3) is 0.276. The number of nitrogens with one attached hydrogen (secondary N) is 2. The molecule has 0 unspecified atom stereocenters. The monoisotopic (exact) mass is 464 g/mol. The molecule has 35 heavy (non-hydrogen) atoms. The summed E-state index contributed by atoms with van der Waals surface area (Å²) in [6.45, 7) is 4.58. The van der Waals surface area contributed by atoms with Gasteiger partial charge in [0.1, 0.15) is 29.8 Å². The summed E-state index contributed by atoms with van der Waals surface area (Å²) < 4.78 is 6.23. The first-order valence-corrected chi connectivity index (χ1v) is 12.4. The van der Waals surface area contributed by atoms with Crippen LogP contribution in [-0.4, -0.2) is 25.7 Å². The van der Waals surface area contributed by atoms with E-state index in [4.69, 9.17) is 9.72 Å². The molecule has 6 rings (SSSR count). The quantitative estimate of drug-likeness (QED) is 0.287. The number of H-pyrrole nitrogens is 2. The highest BCUT2D eigenvalue weighted by atomic mass is 16.5. The Morgan fingerprint density at radius 3 is 2.80 bits per heavy atom.